The summed E-state index contributed by atoms with van der Waals surface area (Å²) in [6, 6.07) is 28.8. The van der Waals surface area contributed by atoms with E-state index in [1.165, 1.54) is 0 Å². The molecule has 124 valence electrons. The lowest BCUT2D eigenvalue weighted by Crippen LogP contribution is -1.97. The number of hydrogen-bond donors (Lipinski definition) is 0. The number of aromatic nitrogens is 3. The number of halogens is 1. The van der Waals surface area contributed by atoms with E-state index in [9.17, 15) is 0 Å². The van der Waals surface area contributed by atoms with E-state index in [1.807, 2.05) is 48.5 Å². The third-order valence-electron chi connectivity index (χ3n) is 4.47. The fraction of sp³-hybridized carbons (Fsp3) is 0. The zero-order chi connectivity index (χ0) is 17.5. The standard InChI is InChI=1S/C22H14BrN3/c23-17-10-6-9-16(13-17)21-14-19(15-7-2-1-3-8-15)25-22-24-18-11-4-5-12-20(18)26(21)22/h1-14H. The molecule has 3 nitrogen and oxygen atoms in total. The number of imidazole rings is 1. The van der Waals surface area contributed by atoms with Crippen LogP contribution in [0.3, 0.4) is 0 Å². The van der Waals surface area contributed by atoms with Crippen LogP contribution >= 0.6 is 15.9 Å². The van der Waals surface area contributed by atoms with E-state index in [4.69, 9.17) is 9.97 Å². The van der Waals surface area contributed by atoms with Gasteiger partial charge >= 0.3 is 0 Å². The summed E-state index contributed by atoms with van der Waals surface area (Å²) in [6.45, 7) is 0. The van der Waals surface area contributed by atoms with Gasteiger partial charge < -0.3 is 0 Å². The molecule has 0 fully saturated rings. The average Bonchev–Trinajstić information content (AvgIpc) is 3.06. The maximum absolute atomic E-state index is 4.83. The van der Waals surface area contributed by atoms with Crippen molar-refractivity contribution >= 4 is 32.7 Å². The summed E-state index contributed by atoms with van der Waals surface area (Å²) in [7, 11) is 0. The second-order valence-electron chi connectivity index (χ2n) is 6.14. The molecule has 0 unspecified atom stereocenters. The van der Waals surface area contributed by atoms with Crippen molar-refractivity contribution in [2.75, 3.05) is 0 Å². The minimum Gasteiger partial charge on any atom is -0.276 e. The van der Waals surface area contributed by atoms with Crippen molar-refractivity contribution in [3.8, 4) is 22.5 Å². The van der Waals surface area contributed by atoms with Gasteiger partial charge in [0.1, 0.15) is 0 Å². The van der Waals surface area contributed by atoms with E-state index < -0.39 is 0 Å². The monoisotopic (exact) mass is 399 g/mol. The number of nitrogens with zero attached hydrogens (tertiary/aromatic N) is 3. The van der Waals surface area contributed by atoms with Gasteiger partial charge in [-0.2, -0.15) is 0 Å². The molecule has 0 saturated carbocycles. The highest BCUT2D eigenvalue weighted by molar-refractivity contribution is 9.10. The summed E-state index contributed by atoms with van der Waals surface area (Å²) in [5.74, 6) is 0.711. The van der Waals surface area contributed by atoms with Gasteiger partial charge in [-0.25, -0.2) is 9.97 Å². The van der Waals surface area contributed by atoms with Crippen LogP contribution in [0.4, 0.5) is 0 Å². The van der Waals surface area contributed by atoms with Crippen molar-refractivity contribution in [2.45, 2.75) is 0 Å². The van der Waals surface area contributed by atoms with Gasteiger partial charge in [-0.15, -0.1) is 0 Å². The molecule has 26 heavy (non-hydrogen) atoms. The summed E-state index contributed by atoms with van der Waals surface area (Å²) in [6.07, 6.45) is 0. The number of benzene rings is 3. The van der Waals surface area contributed by atoms with E-state index in [0.717, 1.165) is 38.0 Å². The highest BCUT2D eigenvalue weighted by Gasteiger charge is 2.14. The van der Waals surface area contributed by atoms with Crippen LogP contribution in [0.1, 0.15) is 0 Å². The maximum Gasteiger partial charge on any atom is 0.235 e. The van der Waals surface area contributed by atoms with Crippen molar-refractivity contribution in [1.29, 1.82) is 0 Å². The predicted molar refractivity (Wildman–Crippen MR) is 109 cm³/mol. The van der Waals surface area contributed by atoms with Crippen LogP contribution < -0.4 is 0 Å². The normalized spacial score (nSPS) is 11.3. The zero-order valence-electron chi connectivity index (χ0n) is 13.8. The number of para-hydroxylation sites is 2. The van der Waals surface area contributed by atoms with Crippen LogP contribution in [0.2, 0.25) is 0 Å². The molecule has 0 saturated heterocycles. The number of rotatable bonds is 2. The highest BCUT2D eigenvalue weighted by Crippen LogP contribution is 2.30. The summed E-state index contributed by atoms with van der Waals surface area (Å²) < 4.78 is 3.18. The molecule has 0 N–H and O–H groups in total. The van der Waals surface area contributed by atoms with Crippen molar-refractivity contribution in [2.24, 2.45) is 0 Å². The Morgan fingerprint density at radius 2 is 1.46 bits per heavy atom. The SMILES string of the molecule is Brc1cccc(-c2cc(-c3ccccc3)nc3nc4ccccc4n23)c1. The van der Waals surface area contributed by atoms with Crippen molar-refractivity contribution < 1.29 is 0 Å². The lowest BCUT2D eigenvalue weighted by molar-refractivity contribution is 1.14. The van der Waals surface area contributed by atoms with E-state index >= 15 is 0 Å². The Morgan fingerprint density at radius 1 is 0.692 bits per heavy atom. The van der Waals surface area contributed by atoms with Crippen LogP contribution in [0.15, 0.2) is 89.4 Å². The smallest absolute Gasteiger partial charge is 0.235 e. The summed E-state index contributed by atoms with van der Waals surface area (Å²) >= 11 is 3.59. The Hall–Kier alpha value is -2.98. The van der Waals surface area contributed by atoms with Crippen LogP contribution in [-0.2, 0) is 0 Å². The second-order valence-corrected chi connectivity index (χ2v) is 7.05. The molecule has 0 amide bonds. The topological polar surface area (TPSA) is 30.2 Å². The van der Waals surface area contributed by atoms with E-state index in [1.54, 1.807) is 0 Å². The second kappa shape index (κ2) is 6.07. The summed E-state index contributed by atoms with van der Waals surface area (Å²) in [5, 5.41) is 0. The van der Waals surface area contributed by atoms with Crippen LogP contribution in [0.5, 0.6) is 0 Å². The molecule has 3 aromatic carbocycles. The largest absolute Gasteiger partial charge is 0.276 e. The molecule has 2 aromatic heterocycles. The van der Waals surface area contributed by atoms with Gasteiger partial charge in [0.25, 0.3) is 0 Å². The van der Waals surface area contributed by atoms with Crippen molar-refractivity contribution in [1.82, 2.24) is 14.4 Å². The third-order valence-corrected chi connectivity index (χ3v) is 4.96. The first-order valence-corrected chi connectivity index (χ1v) is 9.18. The van der Waals surface area contributed by atoms with Crippen molar-refractivity contribution in [3.63, 3.8) is 0 Å². The van der Waals surface area contributed by atoms with Gasteiger partial charge in [0.2, 0.25) is 5.78 Å². The van der Waals surface area contributed by atoms with Gasteiger partial charge in [0, 0.05) is 10.0 Å². The first-order chi connectivity index (χ1) is 12.8. The Bertz CT molecular complexity index is 1240. The molecule has 0 bridgehead atoms. The quantitative estimate of drug-likeness (QED) is 0.365. The van der Waals surface area contributed by atoms with Gasteiger partial charge in [0.05, 0.1) is 22.4 Å². The Kier molecular flexibility index (Phi) is 3.57. The molecule has 2 heterocycles. The summed E-state index contributed by atoms with van der Waals surface area (Å²) in [4.78, 5) is 9.58. The van der Waals surface area contributed by atoms with Gasteiger partial charge in [-0.1, -0.05) is 70.5 Å². The van der Waals surface area contributed by atoms with E-state index in [2.05, 4.69) is 56.7 Å². The molecule has 0 atom stereocenters. The Labute approximate surface area is 159 Å². The minimum atomic E-state index is 0.711. The first-order valence-electron chi connectivity index (χ1n) is 8.39. The fourth-order valence-electron chi connectivity index (χ4n) is 3.28. The lowest BCUT2D eigenvalue weighted by Gasteiger charge is -2.10. The van der Waals surface area contributed by atoms with Gasteiger partial charge in [-0.05, 0) is 35.9 Å². The minimum absolute atomic E-state index is 0.711. The molecule has 0 spiro atoms. The Morgan fingerprint density at radius 3 is 2.31 bits per heavy atom. The van der Waals surface area contributed by atoms with Crippen LogP contribution in [0, 0.1) is 0 Å². The fourth-order valence-corrected chi connectivity index (χ4v) is 3.68. The Balaban J connectivity index is 1.90. The first kappa shape index (κ1) is 15.3. The average molecular weight is 400 g/mol. The molecule has 4 heteroatoms. The van der Waals surface area contributed by atoms with Crippen LogP contribution in [-0.4, -0.2) is 14.4 Å². The molecule has 0 aliphatic rings. The molecule has 0 radical (unpaired) electrons. The molecular weight excluding hydrogens is 386 g/mol. The molecule has 5 rings (SSSR count). The maximum atomic E-state index is 4.83. The number of hydrogen-bond acceptors (Lipinski definition) is 2. The molecule has 5 aromatic rings. The van der Waals surface area contributed by atoms with E-state index in [-0.39, 0.29) is 0 Å². The molecular formula is C22H14BrN3. The lowest BCUT2D eigenvalue weighted by atomic mass is 10.1. The highest BCUT2D eigenvalue weighted by atomic mass is 79.9. The number of fused-ring (bicyclic) bond motifs is 3. The van der Waals surface area contributed by atoms with Crippen molar-refractivity contribution in [3.05, 3.63) is 89.4 Å². The van der Waals surface area contributed by atoms with Gasteiger partial charge in [-0.3, -0.25) is 4.40 Å². The van der Waals surface area contributed by atoms with Crippen LogP contribution in [0.25, 0.3) is 39.3 Å². The molecule has 0 aliphatic heterocycles. The van der Waals surface area contributed by atoms with E-state index in [0.29, 0.717) is 5.78 Å². The predicted octanol–water partition coefficient (Wildman–Crippen LogP) is 5.98. The summed E-state index contributed by atoms with van der Waals surface area (Å²) in [5.41, 5.74) is 6.20. The molecule has 0 aliphatic carbocycles. The third kappa shape index (κ3) is 2.50. The van der Waals surface area contributed by atoms with Gasteiger partial charge in [0.15, 0.2) is 0 Å². The zero-order valence-corrected chi connectivity index (χ0v) is 15.4.